The third-order valence-electron chi connectivity index (χ3n) is 4.70. The molecule has 0 saturated heterocycles. The number of hydrogen-bond donors (Lipinski definition) is 1. The maximum absolute atomic E-state index is 13.0. The molecule has 0 aromatic heterocycles. The van der Waals surface area contributed by atoms with E-state index in [4.69, 9.17) is 33.0 Å². The number of rotatable bonds is 8. The van der Waals surface area contributed by atoms with Crippen LogP contribution in [0.1, 0.15) is 11.1 Å². The fraction of sp³-hybridized carbons (Fsp3) is 0.130. The first-order valence-electron chi connectivity index (χ1n) is 9.51. The van der Waals surface area contributed by atoms with Crippen molar-refractivity contribution in [1.82, 2.24) is 4.31 Å². The predicted molar refractivity (Wildman–Crippen MR) is 125 cm³/mol. The SMILES string of the molecule is CN(Cc1ccc(OCC(=O)O)c(-c2cccc(C#N)c2)c1)S(=O)(=O)c1ccc(Cl)c(Cl)c1. The number of carboxylic acids is 1. The van der Waals surface area contributed by atoms with Crippen molar-refractivity contribution in [3.05, 3.63) is 81.8 Å². The van der Waals surface area contributed by atoms with Crippen molar-refractivity contribution in [3.8, 4) is 22.9 Å². The Bertz CT molecular complexity index is 1350. The van der Waals surface area contributed by atoms with Crippen LogP contribution in [0.4, 0.5) is 0 Å². The van der Waals surface area contributed by atoms with Crippen LogP contribution in [0.15, 0.2) is 65.6 Å². The molecule has 3 aromatic carbocycles. The van der Waals surface area contributed by atoms with Gasteiger partial charge in [-0.2, -0.15) is 9.57 Å². The summed E-state index contributed by atoms with van der Waals surface area (Å²) >= 11 is 11.9. The van der Waals surface area contributed by atoms with Gasteiger partial charge in [0.2, 0.25) is 10.0 Å². The summed E-state index contributed by atoms with van der Waals surface area (Å²) in [4.78, 5) is 11.0. The Morgan fingerprint density at radius 3 is 2.52 bits per heavy atom. The summed E-state index contributed by atoms with van der Waals surface area (Å²) in [6, 6.07) is 17.8. The normalized spacial score (nSPS) is 11.2. The molecule has 0 fully saturated rings. The number of hydrogen-bond acceptors (Lipinski definition) is 5. The fourth-order valence-corrected chi connectivity index (χ4v) is 4.63. The molecular formula is C23H18Cl2N2O5S. The van der Waals surface area contributed by atoms with Gasteiger partial charge in [-0.3, -0.25) is 0 Å². The minimum absolute atomic E-state index is 0.00255. The van der Waals surface area contributed by atoms with Crippen molar-refractivity contribution >= 4 is 39.2 Å². The molecule has 0 unspecified atom stereocenters. The minimum atomic E-state index is -3.86. The molecule has 0 atom stereocenters. The van der Waals surface area contributed by atoms with E-state index in [-0.39, 0.29) is 21.5 Å². The second kappa shape index (κ2) is 10.2. The molecule has 0 aliphatic rings. The number of halogens is 2. The second-order valence-electron chi connectivity index (χ2n) is 7.04. The van der Waals surface area contributed by atoms with Gasteiger partial charge < -0.3 is 9.84 Å². The standard InChI is InChI=1S/C23H18Cl2N2O5S/c1-27(33(30,31)18-6-7-20(24)21(25)11-18)13-16-5-8-22(32-14-23(28)29)19(10-16)17-4-2-3-15(9-17)12-26/h2-11H,13-14H2,1H3,(H,28,29). The van der Waals surface area contributed by atoms with E-state index >= 15 is 0 Å². The summed E-state index contributed by atoms with van der Waals surface area (Å²) in [6.07, 6.45) is 0. The van der Waals surface area contributed by atoms with Gasteiger partial charge >= 0.3 is 5.97 Å². The summed E-state index contributed by atoms with van der Waals surface area (Å²) < 4.78 is 32.5. The molecule has 170 valence electrons. The number of carbonyl (C=O) groups is 1. The van der Waals surface area contributed by atoms with Crippen LogP contribution in [0.3, 0.4) is 0 Å². The molecule has 0 bridgehead atoms. The predicted octanol–water partition coefficient (Wildman–Crippen LogP) is 4.82. The molecule has 0 aliphatic heterocycles. The highest BCUT2D eigenvalue weighted by molar-refractivity contribution is 7.89. The second-order valence-corrected chi connectivity index (χ2v) is 9.90. The smallest absolute Gasteiger partial charge is 0.341 e. The summed E-state index contributed by atoms with van der Waals surface area (Å²) in [6.45, 7) is -0.525. The van der Waals surface area contributed by atoms with Gasteiger partial charge in [-0.1, -0.05) is 41.4 Å². The van der Waals surface area contributed by atoms with Crippen LogP contribution in [0, 0.1) is 11.3 Å². The molecule has 3 aromatic rings. The maximum atomic E-state index is 13.0. The van der Waals surface area contributed by atoms with Crippen molar-refractivity contribution in [2.75, 3.05) is 13.7 Å². The highest BCUT2D eigenvalue weighted by Gasteiger charge is 2.22. The molecular weight excluding hydrogens is 487 g/mol. The molecule has 0 aliphatic carbocycles. The van der Waals surface area contributed by atoms with Crippen LogP contribution < -0.4 is 4.74 Å². The number of sulfonamides is 1. The lowest BCUT2D eigenvalue weighted by molar-refractivity contribution is -0.139. The van der Waals surface area contributed by atoms with E-state index in [1.165, 1.54) is 25.2 Å². The number of carboxylic acid groups (broad SMARTS) is 1. The average molecular weight is 505 g/mol. The first-order valence-corrected chi connectivity index (χ1v) is 11.7. The Hall–Kier alpha value is -3.09. The fourth-order valence-electron chi connectivity index (χ4n) is 3.08. The Labute approximate surface area is 201 Å². The Morgan fingerprint density at radius 1 is 1.09 bits per heavy atom. The van der Waals surface area contributed by atoms with Crippen molar-refractivity contribution in [2.24, 2.45) is 0 Å². The van der Waals surface area contributed by atoms with E-state index in [0.717, 1.165) is 4.31 Å². The maximum Gasteiger partial charge on any atom is 0.341 e. The Kier molecular flexibility index (Phi) is 7.61. The lowest BCUT2D eigenvalue weighted by atomic mass is 10.00. The topological polar surface area (TPSA) is 108 Å². The first kappa shape index (κ1) is 24.6. The van der Waals surface area contributed by atoms with Crippen molar-refractivity contribution < 1.29 is 23.1 Å². The van der Waals surface area contributed by atoms with Crippen LogP contribution in [0.25, 0.3) is 11.1 Å². The molecule has 0 amide bonds. The van der Waals surface area contributed by atoms with Crippen LogP contribution in [-0.4, -0.2) is 37.5 Å². The van der Waals surface area contributed by atoms with E-state index in [0.29, 0.717) is 28.0 Å². The summed E-state index contributed by atoms with van der Waals surface area (Å²) in [5.74, 6) is -0.838. The molecule has 3 rings (SSSR count). The van der Waals surface area contributed by atoms with Crippen LogP contribution in [0.5, 0.6) is 5.75 Å². The lowest BCUT2D eigenvalue weighted by Crippen LogP contribution is -2.26. The minimum Gasteiger partial charge on any atom is -0.481 e. The summed E-state index contributed by atoms with van der Waals surface area (Å²) in [7, 11) is -2.42. The van der Waals surface area contributed by atoms with E-state index < -0.39 is 22.6 Å². The largest absolute Gasteiger partial charge is 0.481 e. The third-order valence-corrected chi connectivity index (χ3v) is 7.24. The molecule has 1 N–H and O–H groups in total. The summed E-state index contributed by atoms with van der Waals surface area (Å²) in [5.41, 5.74) is 2.21. The Balaban J connectivity index is 1.96. The highest BCUT2D eigenvalue weighted by Crippen LogP contribution is 2.33. The van der Waals surface area contributed by atoms with Gasteiger partial charge in [-0.15, -0.1) is 0 Å². The number of ether oxygens (including phenoxy) is 1. The molecule has 0 heterocycles. The van der Waals surface area contributed by atoms with Gasteiger partial charge in [0.05, 0.1) is 26.6 Å². The zero-order valence-corrected chi connectivity index (χ0v) is 19.7. The number of nitrogens with zero attached hydrogens (tertiary/aromatic N) is 2. The molecule has 0 spiro atoms. The molecule has 33 heavy (non-hydrogen) atoms. The van der Waals surface area contributed by atoms with Gasteiger partial charge in [-0.25, -0.2) is 13.2 Å². The highest BCUT2D eigenvalue weighted by atomic mass is 35.5. The molecule has 0 saturated carbocycles. The van der Waals surface area contributed by atoms with Crippen molar-refractivity contribution in [1.29, 1.82) is 5.26 Å². The van der Waals surface area contributed by atoms with E-state index in [2.05, 4.69) is 6.07 Å². The van der Waals surface area contributed by atoms with E-state index in [9.17, 15) is 18.5 Å². The number of nitriles is 1. The lowest BCUT2D eigenvalue weighted by Gasteiger charge is -2.19. The average Bonchev–Trinajstić information content (AvgIpc) is 2.79. The molecule has 10 heteroatoms. The van der Waals surface area contributed by atoms with Crippen molar-refractivity contribution in [3.63, 3.8) is 0 Å². The van der Waals surface area contributed by atoms with Gasteiger partial charge in [0.15, 0.2) is 6.61 Å². The van der Waals surface area contributed by atoms with Crippen LogP contribution >= 0.6 is 23.2 Å². The third kappa shape index (κ3) is 5.83. The van der Waals surface area contributed by atoms with Gasteiger partial charge in [0.1, 0.15) is 5.75 Å². The van der Waals surface area contributed by atoms with Crippen LogP contribution in [0.2, 0.25) is 10.0 Å². The molecule has 0 radical (unpaired) electrons. The number of benzene rings is 3. The van der Waals surface area contributed by atoms with Gasteiger partial charge in [0, 0.05) is 19.2 Å². The monoisotopic (exact) mass is 504 g/mol. The van der Waals surface area contributed by atoms with Crippen LogP contribution in [-0.2, 0) is 21.4 Å². The Morgan fingerprint density at radius 2 is 1.85 bits per heavy atom. The molecule has 7 nitrogen and oxygen atoms in total. The van der Waals surface area contributed by atoms with E-state index in [1.807, 2.05) is 0 Å². The first-order chi connectivity index (χ1) is 15.6. The van der Waals surface area contributed by atoms with Crippen molar-refractivity contribution in [2.45, 2.75) is 11.4 Å². The zero-order valence-electron chi connectivity index (χ0n) is 17.3. The van der Waals surface area contributed by atoms with Gasteiger partial charge in [-0.05, 0) is 53.6 Å². The zero-order chi connectivity index (χ0) is 24.2. The quantitative estimate of drug-likeness (QED) is 0.471. The number of aliphatic carboxylic acids is 1. The van der Waals surface area contributed by atoms with E-state index in [1.54, 1.807) is 42.5 Å². The summed E-state index contributed by atoms with van der Waals surface area (Å²) in [5, 5.41) is 18.6. The van der Waals surface area contributed by atoms with Gasteiger partial charge in [0.25, 0.3) is 0 Å².